The summed E-state index contributed by atoms with van der Waals surface area (Å²) in [5.74, 6) is 1.50. The summed E-state index contributed by atoms with van der Waals surface area (Å²) in [6.45, 7) is 1.36. The molecule has 1 saturated carbocycles. The van der Waals surface area contributed by atoms with Gasteiger partial charge in [0.2, 0.25) is 5.95 Å². The van der Waals surface area contributed by atoms with E-state index in [-0.39, 0.29) is 17.8 Å². The highest BCUT2D eigenvalue weighted by Crippen LogP contribution is 2.34. The third kappa shape index (κ3) is 3.36. The van der Waals surface area contributed by atoms with Crippen LogP contribution in [-0.4, -0.2) is 38.8 Å². The number of nitrogens with zero attached hydrogens (tertiary/aromatic N) is 4. The van der Waals surface area contributed by atoms with Gasteiger partial charge in [0, 0.05) is 31.1 Å². The maximum absolute atomic E-state index is 12.8. The van der Waals surface area contributed by atoms with E-state index >= 15 is 0 Å². The fourth-order valence-corrected chi connectivity index (χ4v) is 3.93. The lowest BCUT2D eigenvalue weighted by molar-refractivity contribution is 0.0700. The van der Waals surface area contributed by atoms with Gasteiger partial charge >= 0.3 is 0 Å². The monoisotopic (exact) mass is 341 g/mol. The van der Waals surface area contributed by atoms with Gasteiger partial charge in [0.15, 0.2) is 11.6 Å². The molecule has 0 bridgehead atoms. The number of carbonyl (C=O) groups is 1. The second-order valence-electron chi connectivity index (χ2n) is 6.98. The van der Waals surface area contributed by atoms with Crippen LogP contribution in [0.3, 0.4) is 0 Å². The predicted molar refractivity (Wildman–Crippen MR) is 92.0 cm³/mol. The molecule has 1 aliphatic carbocycles. The molecule has 0 aromatic carbocycles. The van der Waals surface area contributed by atoms with Crippen molar-refractivity contribution in [2.75, 3.05) is 18.8 Å². The molecule has 1 aliphatic heterocycles. The molecule has 7 heteroatoms. The lowest BCUT2D eigenvalue weighted by atomic mass is 9.94. The smallest absolute Gasteiger partial charge is 0.275 e. The molecule has 2 N–H and O–H groups in total. The summed E-state index contributed by atoms with van der Waals surface area (Å²) in [7, 11) is 0. The van der Waals surface area contributed by atoms with Crippen LogP contribution in [0.15, 0.2) is 22.9 Å². The number of nitrogen functional groups attached to an aromatic ring is 1. The van der Waals surface area contributed by atoms with Gasteiger partial charge in [-0.05, 0) is 31.7 Å². The Morgan fingerprint density at radius 1 is 1.16 bits per heavy atom. The highest BCUT2D eigenvalue weighted by atomic mass is 16.3. The molecule has 1 saturated heterocycles. The number of carbonyl (C=O) groups excluding carboxylic acids is 1. The van der Waals surface area contributed by atoms with Crippen molar-refractivity contribution in [2.24, 2.45) is 0 Å². The first-order valence-electron chi connectivity index (χ1n) is 9.04. The Hall–Kier alpha value is -2.44. The second kappa shape index (κ2) is 6.82. The molecular formula is C18H23N5O2. The number of anilines is 1. The number of piperidine rings is 1. The van der Waals surface area contributed by atoms with E-state index in [1.165, 1.54) is 19.1 Å². The van der Waals surface area contributed by atoms with E-state index in [2.05, 4.69) is 15.0 Å². The van der Waals surface area contributed by atoms with Gasteiger partial charge in [0.25, 0.3) is 5.91 Å². The SMILES string of the molecule is Nc1nccc(C2CCCN(C(=O)c3coc(C4CCCC4)n3)C2)n1. The Balaban J connectivity index is 1.46. The molecule has 2 aromatic heterocycles. The Morgan fingerprint density at radius 3 is 2.76 bits per heavy atom. The van der Waals surface area contributed by atoms with E-state index < -0.39 is 0 Å². The summed E-state index contributed by atoms with van der Waals surface area (Å²) in [6.07, 6.45) is 9.76. The Morgan fingerprint density at radius 2 is 1.96 bits per heavy atom. The van der Waals surface area contributed by atoms with Gasteiger partial charge in [-0.25, -0.2) is 15.0 Å². The van der Waals surface area contributed by atoms with Crippen molar-refractivity contribution in [3.05, 3.63) is 35.8 Å². The zero-order valence-electron chi connectivity index (χ0n) is 14.2. The quantitative estimate of drug-likeness (QED) is 0.921. The molecule has 3 heterocycles. The Kier molecular flexibility index (Phi) is 4.38. The van der Waals surface area contributed by atoms with Crippen LogP contribution < -0.4 is 5.73 Å². The molecule has 0 radical (unpaired) electrons. The minimum Gasteiger partial charge on any atom is -0.448 e. The van der Waals surface area contributed by atoms with Gasteiger partial charge in [-0.1, -0.05) is 12.8 Å². The minimum absolute atomic E-state index is 0.0558. The lowest BCUT2D eigenvalue weighted by Gasteiger charge is -2.32. The minimum atomic E-state index is -0.0558. The van der Waals surface area contributed by atoms with Gasteiger partial charge in [0.1, 0.15) is 6.26 Å². The number of oxazole rings is 1. The summed E-state index contributed by atoms with van der Waals surface area (Å²) in [4.78, 5) is 27.4. The molecule has 1 amide bonds. The summed E-state index contributed by atoms with van der Waals surface area (Å²) < 4.78 is 5.59. The van der Waals surface area contributed by atoms with E-state index in [4.69, 9.17) is 10.2 Å². The topological polar surface area (TPSA) is 98.1 Å². The van der Waals surface area contributed by atoms with Crippen LogP contribution >= 0.6 is 0 Å². The van der Waals surface area contributed by atoms with Crippen LogP contribution in [0.1, 0.15) is 72.4 Å². The average Bonchev–Trinajstić information content (AvgIpc) is 3.32. The standard InChI is InChI=1S/C18H23N5O2/c19-18-20-8-7-14(22-18)13-6-3-9-23(10-13)17(24)15-11-25-16(21-15)12-4-1-2-5-12/h7-8,11-13H,1-6,9-10H2,(H2,19,20,22). The van der Waals surface area contributed by atoms with Crippen LogP contribution in [0.4, 0.5) is 5.95 Å². The molecule has 25 heavy (non-hydrogen) atoms. The van der Waals surface area contributed by atoms with Gasteiger partial charge < -0.3 is 15.1 Å². The van der Waals surface area contributed by atoms with Crippen LogP contribution in [0.5, 0.6) is 0 Å². The Labute approximate surface area is 146 Å². The maximum Gasteiger partial charge on any atom is 0.275 e. The lowest BCUT2D eigenvalue weighted by Crippen LogP contribution is -2.39. The van der Waals surface area contributed by atoms with E-state index in [0.29, 0.717) is 18.2 Å². The summed E-state index contributed by atoms with van der Waals surface area (Å²) in [5, 5.41) is 0. The molecule has 4 rings (SSSR count). The molecule has 1 unspecified atom stereocenters. The number of hydrogen-bond acceptors (Lipinski definition) is 6. The number of likely N-dealkylation sites (tertiary alicyclic amines) is 1. The number of hydrogen-bond donors (Lipinski definition) is 1. The molecule has 1 atom stereocenters. The first kappa shape index (κ1) is 16.1. The van der Waals surface area contributed by atoms with Gasteiger partial charge in [-0.2, -0.15) is 0 Å². The van der Waals surface area contributed by atoms with Crippen molar-refractivity contribution in [2.45, 2.75) is 50.4 Å². The first-order chi connectivity index (χ1) is 12.2. The van der Waals surface area contributed by atoms with E-state index in [1.54, 1.807) is 6.20 Å². The van der Waals surface area contributed by atoms with Gasteiger partial charge in [-0.3, -0.25) is 4.79 Å². The van der Waals surface area contributed by atoms with Crippen molar-refractivity contribution in [3.63, 3.8) is 0 Å². The van der Waals surface area contributed by atoms with E-state index in [1.807, 2.05) is 11.0 Å². The molecule has 7 nitrogen and oxygen atoms in total. The number of nitrogens with two attached hydrogens (primary N) is 1. The van der Waals surface area contributed by atoms with Crippen molar-refractivity contribution in [1.82, 2.24) is 19.9 Å². The van der Waals surface area contributed by atoms with Crippen LogP contribution in [-0.2, 0) is 0 Å². The maximum atomic E-state index is 12.8. The molecule has 0 spiro atoms. The van der Waals surface area contributed by atoms with Crippen LogP contribution in [0.25, 0.3) is 0 Å². The zero-order valence-corrected chi connectivity index (χ0v) is 14.2. The van der Waals surface area contributed by atoms with Crippen molar-refractivity contribution >= 4 is 11.9 Å². The largest absolute Gasteiger partial charge is 0.448 e. The summed E-state index contributed by atoms with van der Waals surface area (Å²) in [5.41, 5.74) is 7.01. The van der Waals surface area contributed by atoms with Crippen LogP contribution in [0.2, 0.25) is 0 Å². The van der Waals surface area contributed by atoms with Crippen molar-refractivity contribution in [3.8, 4) is 0 Å². The molecule has 2 fully saturated rings. The molecule has 132 valence electrons. The highest BCUT2D eigenvalue weighted by Gasteiger charge is 2.29. The van der Waals surface area contributed by atoms with Crippen molar-refractivity contribution in [1.29, 1.82) is 0 Å². The zero-order chi connectivity index (χ0) is 17.2. The normalized spacial score (nSPS) is 21.6. The summed E-state index contributed by atoms with van der Waals surface area (Å²) in [6, 6.07) is 1.88. The summed E-state index contributed by atoms with van der Waals surface area (Å²) >= 11 is 0. The first-order valence-corrected chi connectivity index (χ1v) is 9.04. The van der Waals surface area contributed by atoms with E-state index in [0.717, 1.165) is 43.8 Å². The third-order valence-corrected chi connectivity index (χ3v) is 5.27. The predicted octanol–water partition coefficient (Wildman–Crippen LogP) is 2.72. The highest BCUT2D eigenvalue weighted by molar-refractivity contribution is 5.92. The van der Waals surface area contributed by atoms with Gasteiger partial charge in [0.05, 0.1) is 5.69 Å². The number of aromatic nitrogens is 3. The fraction of sp³-hybridized carbons (Fsp3) is 0.556. The van der Waals surface area contributed by atoms with Crippen LogP contribution in [0, 0.1) is 0 Å². The van der Waals surface area contributed by atoms with E-state index in [9.17, 15) is 4.79 Å². The molecular weight excluding hydrogens is 318 g/mol. The Bertz CT molecular complexity index is 753. The molecule has 2 aliphatic rings. The number of rotatable bonds is 3. The number of amides is 1. The average molecular weight is 341 g/mol. The third-order valence-electron chi connectivity index (χ3n) is 5.27. The fourth-order valence-electron chi connectivity index (χ4n) is 3.93. The second-order valence-corrected chi connectivity index (χ2v) is 6.98. The molecule has 2 aromatic rings. The van der Waals surface area contributed by atoms with Gasteiger partial charge in [-0.15, -0.1) is 0 Å². The van der Waals surface area contributed by atoms with Crippen molar-refractivity contribution < 1.29 is 9.21 Å².